The molecule has 0 saturated carbocycles. The van der Waals surface area contributed by atoms with Crippen molar-refractivity contribution < 1.29 is 34.0 Å². The molecule has 2 saturated heterocycles. The first-order valence-corrected chi connectivity index (χ1v) is 16.0. The highest BCUT2D eigenvalue weighted by molar-refractivity contribution is 7.99. The lowest BCUT2D eigenvalue weighted by atomic mass is 9.90. The van der Waals surface area contributed by atoms with Gasteiger partial charge in [-0.15, -0.1) is 11.8 Å². The van der Waals surface area contributed by atoms with Crippen molar-refractivity contribution in [2.75, 3.05) is 25.4 Å². The second-order valence-electron chi connectivity index (χ2n) is 11.0. The Morgan fingerprint density at radius 3 is 2.49 bits per heavy atom. The summed E-state index contributed by atoms with van der Waals surface area (Å²) in [5.74, 6) is 0.450. The van der Waals surface area contributed by atoms with Crippen LogP contribution in [0.1, 0.15) is 54.2 Å². The minimum absolute atomic E-state index is 0.115. The van der Waals surface area contributed by atoms with Crippen molar-refractivity contribution in [1.82, 2.24) is 4.90 Å². The lowest BCUT2D eigenvalue weighted by Gasteiger charge is -2.41. The summed E-state index contributed by atoms with van der Waals surface area (Å²) in [5.41, 5.74) is 3.14. The van der Waals surface area contributed by atoms with Gasteiger partial charge in [0, 0.05) is 15.7 Å². The maximum atomic E-state index is 14.8. The van der Waals surface area contributed by atoms with Crippen molar-refractivity contribution in [1.29, 1.82) is 0 Å². The first-order chi connectivity index (χ1) is 20.8. The molecule has 6 atom stereocenters. The molecule has 43 heavy (non-hydrogen) atoms. The molecule has 2 heterocycles. The maximum absolute atomic E-state index is 14.8. The number of aldehydes is 1. The molecule has 2 fully saturated rings. The van der Waals surface area contributed by atoms with Gasteiger partial charge in [-0.05, 0) is 91.9 Å². The Hall–Kier alpha value is -2.50. The minimum atomic E-state index is -1.47. The third-order valence-electron chi connectivity index (χ3n) is 8.10. The van der Waals surface area contributed by atoms with Gasteiger partial charge in [0.2, 0.25) is 0 Å². The molecule has 0 spiro atoms. The molecular formula is C33H37ClFNO6S. The van der Waals surface area contributed by atoms with E-state index in [9.17, 15) is 24.5 Å². The molecule has 0 bridgehead atoms. The minimum Gasteiger partial charge on any atom is -0.494 e. The zero-order valence-corrected chi connectivity index (χ0v) is 25.5. The number of nitrogens with zero attached hydrogens (tertiary/aromatic N) is 1. The number of hydrogen-bond acceptors (Lipinski definition) is 8. The predicted molar refractivity (Wildman–Crippen MR) is 164 cm³/mol. The fraction of sp³-hybridized carbons (Fsp3) is 0.424. The summed E-state index contributed by atoms with van der Waals surface area (Å²) in [5, 5.41) is 33.0. The van der Waals surface area contributed by atoms with Crippen LogP contribution in [0.4, 0.5) is 4.39 Å². The van der Waals surface area contributed by atoms with Crippen LogP contribution in [0.3, 0.4) is 0 Å². The highest BCUT2D eigenvalue weighted by Gasteiger charge is 2.44. The van der Waals surface area contributed by atoms with Crippen LogP contribution in [0, 0.1) is 5.82 Å². The van der Waals surface area contributed by atoms with Crippen molar-refractivity contribution >= 4 is 29.6 Å². The number of carbonyl (C=O) groups excluding carboxylic acids is 1. The van der Waals surface area contributed by atoms with E-state index in [4.69, 9.17) is 21.1 Å². The van der Waals surface area contributed by atoms with Crippen molar-refractivity contribution in [2.45, 2.75) is 67.6 Å². The maximum Gasteiger partial charge on any atom is 0.141 e. The number of rotatable bonds is 11. The van der Waals surface area contributed by atoms with E-state index in [0.717, 1.165) is 60.9 Å². The third-order valence-corrected chi connectivity index (χ3v) is 9.59. The standard InChI is InChI=1S/C33H37ClFNO6S/c1-2-41-24-9-5-20(6-10-24)15-23-16-22(7-11-25(23)34)33-32(40)31(39)30(38)28(42-33)19-43-29-17-21(8-12-26(29)35)27(18-37)36-13-3-4-14-36/h5-12,16-18,27-28,30-33,38-40H,2-4,13-15,19H2,1H3. The van der Waals surface area contributed by atoms with Crippen molar-refractivity contribution in [3.05, 3.63) is 93.8 Å². The largest absolute Gasteiger partial charge is 0.494 e. The van der Waals surface area contributed by atoms with E-state index in [0.29, 0.717) is 34.1 Å². The van der Waals surface area contributed by atoms with Crippen molar-refractivity contribution in [3.8, 4) is 5.75 Å². The van der Waals surface area contributed by atoms with Gasteiger partial charge in [-0.2, -0.15) is 0 Å². The van der Waals surface area contributed by atoms with Crippen LogP contribution < -0.4 is 4.74 Å². The number of halogens is 2. The first kappa shape index (κ1) is 31.9. The molecule has 0 aliphatic carbocycles. The summed E-state index contributed by atoms with van der Waals surface area (Å²) >= 11 is 7.66. The Labute approximate surface area is 260 Å². The first-order valence-electron chi connectivity index (χ1n) is 14.6. The van der Waals surface area contributed by atoms with E-state index >= 15 is 0 Å². The summed E-state index contributed by atoms with van der Waals surface area (Å²) in [6.07, 6.45) is -2.61. The van der Waals surface area contributed by atoms with Gasteiger partial charge in [0.25, 0.3) is 0 Å². The number of hydrogen-bond donors (Lipinski definition) is 3. The summed E-state index contributed by atoms with van der Waals surface area (Å²) < 4.78 is 26.5. The van der Waals surface area contributed by atoms with Gasteiger partial charge < -0.3 is 29.6 Å². The number of aliphatic hydroxyl groups excluding tert-OH is 3. The number of carbonyl (C=O) groups is 1. The molecular weight excluding hydrogens is 593 g/mol. The second kappa shape index (κ2) is 14.5. The van der Waals surface area contributed by atoms with Crippen molar-refractivity contribution in [2.24, 2.45) is 0 Å². The van der Waals surface area contributed by atoms with Crippen LogP contribution in [-0.4, -0.2) is 76.4 Å². The van der Waals surface area contributed by atoms with E-state index in [-0.39, 0.29) is 5.75 Å². The lowest BCUT2D eigenvalue weighted by Crippen LogP contribution is -2.54. The summed E-state index contributed by atoms with van der Waals surface area (Å²) in [4.78, 5) is 14.3. The Morgan fingerprint density at radius 1 is 1.05 bits per heavy atom. The molecule has 2 aliphatic heterocycles. The number of aliphatic hydroxyl groups is 3. The quantitative estimate of drug-likeness (QED) is 0.199. The summed E-state index contributed by atoms with van der Waals surface area (Å²) in [6, 6.07) is 17.2. The van der Waals surface area contributed by atoms with Gasteiger partial charge in [-0.1, -0.05) is 41.9 Å². The van der Waals surface area contributed by atoms with Gasteiger partial charge >= 0.3 is 0 Å². The lowest BCUT2D eigenvalue weighted by molar-refractivity contribution is -0.218. The van der Waals surface area contributed by atoms with E-state index in [1.165, 1.54) is 6.07 Å². The Kier molecular flexibility index (Phi) is 10.8. The van der Waals surface area contributed by atoms with E-state index < -0.39 is 42.4 Å². The number of benzene rings is 3. The molecule has 10 heteroatoms. The topological polar surface area (TPSA) is 99.5 Å². The second-order valence-corrected chi connectivity index (χ2v) is 12.5. The van der Waals surface area contributed by atoms with E-state index in [1.807, 2.05) is 37.3 Å². The van der Waals surface area contributed by atoms with Gasteiger partial charge in [0.15, 0.2) is 0 Å². The molecule has 3 aromatic carbocycles. The van der Waals surface area contributed by atoms with Crippen LogP contribution >= 0.6 is 23.4 Å². The molecule has 6 unspecified atom stereocenters. The van der Waals surface area contributed by atoms with E-state index in [1.54, 1.807) is 24.3 Å². The molecule has 7 nitrogen and oxygen atoms in total. The molecule has 2 aliphatic rings. The number of thioether (sulfide) groups is 1. The van der Waals surface area contributed by atoms with Crippen LogP contribution in [0.25, 0.3) is 0 Å². The molecule has 0 radical (unpaired) electrons. The number of ether oxygens (including phenoxy) is 2. The molecule has 3 aromatic rings. The Morgan fingerprint density at radius 2 is 1.79 bits per heavy atom. The van der Waals surface area contributed by atoms with Crippen LogP contribution in [0.5, 0.6) is 5.75 Å². The van der Waals surface area contributed by atoms with Crippen LogP contribution in [0.2, 0.25) is 5.02 Å². The average Bonchev–Trinajstić information content (AvgIpc) is 3.54. The zero-order valence-electron chi connectivity index (χ0n) is 23.9. The summed E-state index contributed by atoms with van der Waals surface area (Å²) in [6.45, 7) is 4.15. The fourth-order valence-electron chi connectivity index (χ4n) is 5.74. The smallest absolute Gasteiger partial charge is 0.141 e. The molecule has 5 rings (SSSR count). The van der Waals surface area contributed by atoms with Crippen LogP contribution in [0.15, 0.2) is 65.6 Å². The van der Waals surface area contributed by atoms with Gasteiger partial charge in [-0.3, -0.25) is 4.90 Å². The molecule has 0 amide bonds. The Bertz CT molecular complexity index is 1390. The highest BCUT2D eigenvalue weighted by atomic mass is 35.5. The SMILES string of the molecule is CCOc1ccc(Cc2cc(C3OC(CSc4cc(C(C=O)N5CCCC5)ccc4F)C(O)C(O)C3O)ccc2Cl)cc1. The van der Waals surface area contributed by atoms with Crippen molar-refractivity contribution in [3.63, 3.8) is 0 Å². The monoisotopic (exact) mass is 629 g/mol. The predicted octanol–water partition coefficient (Wildman–Crippen LogP) is 5.12. The fourth-order valence-corrected chi connectivity index (χ4v) is 6.97. The zero-order chi connectivity index (χ0) is 30.5. The van der Waals surface area contributed by atoms with Gasteiger partial charge in [-0.25, -0.2) is 4.39 Å². The summed E-state index contributed by atoms with van der Waals surface area (Å²) in [7, 11) is 0. The normalized spacial score (nSPS) is 25.0. The van der Waals surface area contributed by atoms with Crippen LogP contribution in [-0.2, 0) is 16.0 Å². The Balaban J connectivity index is 1.31. The third kappa shape index (κ3) is 7.42. The average molecular weight is 630 g/mol. The molecule has 3 N–H and O–H groups in total. The highest BCUT2D eigenvalue weighted by Crippen LogP contribution is 2.37. The van der Waals surface area contributed by atoms with E-state index in [2.05, 4.69) is 4.90 Å². The number of likely N-dealkylation sites (tertiary alicyclic amines) is 1. The van der Waals surface area contributed by atoms with Gasteiger partial charge in [0.05, 0.1) is 18.8 Å². The van der Waals surface area contributed by atoms with Gasteiger partial charge in [0.1, 0.15) is 42.3 Å². The molecule has 0 aromatic heterocycles. The molecule has 230 valence electrons.